The van der Waals surface area contributed by atoms with Gasteiger partial charge in [-0.15, -0.1) is 0 Å². The van der Waals surface area contributed by atoms with Crippen molar-refractivity contribution in [3.63, 3.8) is 0 Å². The zero-order valence-corrected chi connectivity index (χ0v) is 11.0. The quantitative estimate of drug-likeness (QED) is 0.878. The molecule has 1 aromatic carbocycles. The molecular weight excluding hydrogens is 244 g/mol. The molecular formula is C14H16N2O3. The van der Waals surface area contributed by atoms with Gasteiger partial charge < -0.3 is 10.0 Å². The number of hydrogen-bond acceptors (Lipinski definition) is 3. The number of nitrogens with zero attached hydrogens (tertiary/aromatic N) is 2. The molecule has 1 atom stereocenters. The summed E-state index contributed by atoms with van der Waals surface area (Å²) in [5.74, 6) is -1.86. The highest BCUT2D eigenvalue weighted by molar-refractivity contribution is 5.95. The fourth-order valence-corrected chi connectivity index (χ4v) is 1.68. The summed E-state index contributed by atoms with van der Waals surface area (Å²) in [7, 11) is 0. The van der Waals surface area contributed by atoms with E-state index >= 15 is 0 Å². The van der Waals surface area contributed by atoms with Crippen LogP contribution in [0, 0.1) is 17.2 Å². The number of nitriles is 1. The number of carboxylic acid groups (broad SMARTS) is 1. The summed E-state index contributed by atoms with van der Waals surface area (Å²) in [6.45, 7) is 3.30. The van der Waals surface area contributed by atoms with Gasteiger partial charge in [-0.05, 0) is 12.1 Å². The summed E-state index contributed by atoms with van der Waals surface area (Å²) in [5, 5.41) is 18.0. The van der Waals surface area contributed by atoms with Crippen molar-refractivity contribution in [2.24, 2.45) is 5.92 Å². The van der Waals surface area contributed by atoms with Gasteiger partial charge in [-0.25, -0.2) is 0 Å². The molecule has 0 aliphatic carbocycles. The van der Waals surface area contributed by atoms with E-state index in [0.717, 1.165) is 0 Å². The normalized spacial score (nSPS) is 11.4. The number of anilines is 1. The summed E-state index contributed by atoms with van der Waals surface area (Å²) in [4.78, 5) is 24.3. The van der Waals surface area contributed by atoms with Crippen LogP contribution in [0.15, 0.2) is 24.3 Å². The van der Waals surface area contributed by atoms with Gasteiger partial charge in [-0.2, -0.15) is 5.26 Å². The lowest BCUT2D eigenvalue weighted by Gasteiger charge is -2.25. The lowest BCUT2D eigenvalue weighted by Crippen LogP contribution is -2.37. The van der Waals surface area contributed by atoms with E-state index in [-0.39, 0.29) is 18.9 Å². The molecule has 0 aliphatic heterocycles. The van der Waals surface area contributed by atoms with Crippen LogP contribution in [0.2, 0.25) is 0 Å². The highest BCUT2D eigenvalue weighted by atomic mass is 16.4. The SMILES string of the molecule is CCC(=O)N(CC(C)C(=O)O)c1ccccc1C#N. The number of carbonyl (C=O) groups excluding carboxylic acids is 1. The second-order valence-corrected chi connectivity index (χ2v) is 4.23. The predicted octanol–water partition coefficient (Wildman–Crippen LogP) is 2.02. The first-order valence-corrected chi connectivity index (χ1v) is 6.03. The number of aliphatic carboxylic acids is 1. The summed E-state index contributed by atoms with van der Waals surface area (Å²) in [6.07, 6.45) is 0.256. The third-order valence-electron chi connectivity index (χ3n) is 2.80. The summed E-state index contributed by atoms with van der Waals surface area (Å²) in [5.41, 5.74) is 0.826. The topological polar surface area (TPSA) is 81.4 Å². The van der Waals surface area contributed by atoms with Gasteiger partial charge in [0.15, 0.2) is 0 Å². The Morgan fingerprint density at radius 2 is 2.05 bits per heavy atom. The maximum Gasteiger partial charge on any atom is 0.308 e. The Morgan fingerprint density at radius 1 is 1.42 bits per heavy atom. The highest BCUT2D eigenvalue weighted by Crippen LogP contribution is 2.21. The molecule has 5 nitrogen and oxygen atoms in total. The van der Waals surface area contributed by atoms with Gasteiger partial charge in [-0.3, -0.25) is 9.59 Å². The minimum Gasteiger partial charge on any atom is -0.481 e. The van der Waals surface area contributed by atoms with Gasteiger partial charge in [0.1, 0.15) is 6.07 Å². The van der Waals surface area contributed by atoms with Crippen LogP contribution in [0.25, 0.3) is 0 Å². The summed E-state index contributed by atoms with van der Waals surface area (Å²) in [6, 6.07) is 8.70. The van der Waals surface area contributed by atoms with Gasteiger partial charge in [-0.1, -0.05) is 26.0 Å². The van der Waals surface area contributed by atoms with Gasteiger partial charge in [0, 0.05) is 13.0 Å². The lowest BCUT2D eigenvalue weighted by molar-refractivity contribution is -0.140. The molecule has 0 saturated heterocycles. The zero-order chi connectivity index (χ0) is 14.4. The number of amides is 1. The Kier molecular flexibility index (Phi) is 5.07. The monoisotopic (exact) mass is 260 g/mol. The van der Waals surface area contributed by atoms with Crippen LogP contribution < -0.4 is 4.90 Å². The Hall–Kier alpha value is -2.35. The lowest BCUT2D eigenvalue weighted by atomic mass is 10.1. The molecule has 5 heteroatoms. The van der Waals surface area contributed by atoms with Crippen molar-refractivity contribution in [3.8, 4) is 6.07 Å². The maximum atomic E-state index is 12.0. The molecule has 0 bridgehead atoms. The zero-order valence-electron chi connectivity index (χ0n) is 11.0. The number of carboxylic acids is 1. The Bertz CT molecular complexity index is 520. The minimum absolute atomic E-state index is 0.0562. The van der Waals surface area contributed by atoms with Gasteiger partial charge in [0.2, 0.25) is 5.91 Å². The van der Waals surface area contributed by atoms with Gasteiger partial charge >= 0.3 is 5.97 Å². The molecule has 1 aromatic rings. The Morgan fingerprint density at radius 3 is 2.58 bits per heavy atom. The standard InChI is InChI=1S/C14H16N2O3/c1-3-13(17)16(9-10(2)14(18)19)12-7-5-4-6-11(12)8-15/h4-7,10H,3,9H2,1-2H3,(H,18,19). The van der Waals surface area contributed by atoms with Crippen molar-refractivity contribution in [3.05, 3.63) is 29.8 Å². The first-order valence-electron chi connectivity index (χ1n) is 6.03. The molecule has 0 spiro atoms. The molecule has 0 aromatic heterocycles. The maximum absolute atomic E-state index is 12.0. The van der Waals surface area contributed by atoms with Crippen LogP contribution in [0.1, 0.15) is 25.8 Å². The van der Waals surface area contributed by atoms with Crippen LogP contribution in [-0.2, 0) is 9.59 Å². The summed E-state index contributed by atoms with van der Waals surface area (Å²) < 4.78 is 0. The number of rotatable bonds is 5. The van der Waals surface area contributed by atoms with Gasteiger partial charge in [0.25, 0.3) is 0 Å². The van der Waals surface area contributed by atoms with E-state index in [9.17, 15) is 9.59 Å². The predicted molar refractivity (Wildman–Crippen MR) is 70.6 cm³/mol. The Labute approximate surface area is 112 Å². The van der Waals surface area contributed by atoms with Crippen LogP contribution in [0.4, 0.5) is 5.69 Å². The molecule has 0 fully saturated rings. The number of carbonyl (C=O) groups is 2. The average molecular weight is 260 g/mol. The van der Waals surface area contributed by atoms with Crippen LogP contribution in [0.5, 0.6) is 0 Å². The van der Waals surface area contributed by atoms with Crippen molar-refractivity contribution >= 4 is 17.6 Å². The molecule has 0 heterocycles. The fourth-order valence-electron chi connectivity index (χ4n) is 1.68. The van der Waals surface area contributed by atoms with Crippen molar-refractivity contribution < 1.29 is 14.7 Å². The minimum atomic E-state index is -0.969. The van der Waals surface area contributed by atoms with E-state index in [1.165, 1.54) is 11.8 Å². The number of hydrogen-bond donors (Lipinski definition) is 1. The Balaban J connectivity index is 3.14. The van der Waals surface area contributed by atoms with Crippen molar-refractivity contribution in [1.29, 1.82) is 5.26 Å². The molecule has 100 valence electrons. The molecule has 0 radical (unpaired) electrons. The van der Waals surface area contributed by atoms with Crippen LogP contribution >= 0.6 is 0 Å². The third kappa shape index (κ3) is 3.55. The summed E-state index contributed by atoms with van der Waals surface area (Å²) >= 11 is 0. The second kappa shape index (κ2) is 6.55. The van der Waals surface area contributed by atoms with Crippen molar-refractivity contribution in [2.75, 3.05) is 11.4 Å². The molecule has 0 saturated carbocycles. The van der Waals surface area contributed by atoms with Crippen molar-refractivity contribution in [1.82, 2.24) is 0 Å². The smallest absolute Gasteiger partial charge is 0.308 e. The van der Waals surface area contributed by atoms with E-state index in [4.69, 9.17) is 10.4 Å². The first-order chi connectivity index (χ1) is 9.01. The third-order valence-corrected chi connectivity index (χ3v) is 2.80. The van der Waals surface area contributed by atoms with Gasteiger partial charge in [0.05, 0.1) is 17.2 Å². The fraction of sp³-hybridized carbons (Fsp3) is 0.357. The number of para-hydroxylation sites is 1. The van der Waals surface area contributed by atoms with E-state index in [1.807, 2.05) is 6.07 Å². The molecule has 1 amide bonds. The molecule has 1 rings (SSSR count). The highest BCUT2D eigenvalue weighted by Gasteiger charge is 2.22. The van der Waals surface area contributed by atoms with Crippen LogP contribution in [0.3, 0.4) is 0 Å². The largest absolute Gasteiger partial charge is 0.481 e. The van der Waals surface area contributed by atoms with Crippen molar-refractivity contribution in [2.45, 2.75) is 20.3 Å². The average Bonchev–Trinajstić information content (AvgIpc) is 2.43. The molecule has 1 unspecified atom stereocenters. The first kappa shape index (κ1) is 14.7. The second-order valence-electron chi connectivity index (χ2n) is 4.23. The van der Waals surface area contributed by atoms with E-state index in [0.29, 0.717) is 11.3 Å². The molecule has 0 aliphatic rings. The molecule has 1 N–H and O–H groups in total. The van der Waals surface area contributed by atoms with E-state index in [2.05, 4.69) is 0 Å². The molecule has 19 heavy (non-hydrogen) atoms. The van der Waals surface area contributed by atoms with E-state index < -0.39 is 11.9 Å². The van der Waals surface area contributed by atoms with E-state index in [1.54, 1.807) is 31.2 Å². The van der Waals surface area contributed by atoms with Crippen LogP contribution in [-0.4, -0.2) is 23.5 Å². The number of benzene rings is 1.